The molecule has 0 aromatic heterocycles. The monoisotopic (exact) mass is 798 g/mol. The highest BCUT2D eigenvalue weighted by atomic mass is 32.2. The van der Waals surface area contributed by atoms with Crippen molar-refractivity contribution >= 4 is 88.2 Å². The molecule has 0 fully saturated rings. The van der Waals surface area contributed by atoms with Crippen molar-refractivity contribution in [3.63, 3.8) is 0 Å². The molecule has 18 heteroatoms. The molecule has 8 N–H and O–H groups in total. The Labute approximate surface area is 318 Å². The zero-order valence-corrected chi connectivity index (χ0v) is 30.7. The lowest BCUT2D eigenvalue weighted by Crippen LogP contribution is -2.29. The second kappa shape index (κ2) is 14.8. The molecular formula is C38H30N4O12S2. The number of carbonyl (C=O) groups is 4. The van der Waals surface area contributed by atoms with Crippen LogP contribution in [0, 0.1) is 13.8 Å². The van der Waals surface area contributed by atoms with Gasteiger partial charge in [-0.3, -0.25) is 28.3 Å². The number of aryl methyl sites for hydroxylation is 2. The Bertz CT molecular complexity index is 2700. The van der Waals surface area contributed by atoms with Gasteiger partial charge in [0.2, 0.25) is 0 Å². The van der Waals surface area contributed by atoms with Crippen molar-refractivity contribution in [3.05, 3.63) is 119 Å². The van der Waals surface area contributed by atoms with Gasteiger partial charge in [-0.1, -0.05) is 24.3 Å². The average Bonchev–Trinajstić information content (AvgIpc) is 3.11. The van der Waals surface area contributed by atoms with Crippen LogP contribution in [0.3, 0.4) is 0 Å². The summed E-state index contributed by atoms with van der Waals surface area (Å²) < 4.78 is 66.6. The van der Waals surface area contributed by atoms with Gasteiger partial charge in [-0.2, -0.15) is 16.8 Å². The molecular weight excluding hydrogens is 769 g/mol. The van der Waals surface area contributed by atoms with E-state index in [-0.39, 0.29) is 66.9 Å². The quantitative estimate of drug-likeness (QED) is 0.0691. The zero-order valence-electron chi connectivity index (χ0n) is 29.1. The molecule has 0 unspecified atom stereocenters. The molecule has 0 atom stereocenters. The lowest BCUT2D eigenvalue weighted by Gasteiger charge is -2.13. The number of hydrogen-bond donors (Lipinski definition) is 8. The maximum atomic E-state index is 13.1. The predicted molar refractivity (Wildman–Crippen MR) is 206 cm³/mol. The van der Waals surface area contributed by atoms with Crippen LogP contribution in [0.5, 0.6) is 11.5 Å². The molecule has 0 saturated carbocycles. The van der Waals surface area contributed by atoms with Gasteiger partial charge in [0.25, 0.3) is 32.1 Å². The van der Waals surface area contributed by atoms with E-state index in [0.29, 0.717) is 11.1 Å². The van der Waals surface area contributed by atoms with Crippen molar-refractivity contribution in [2.45, 2.75) is 23.6 Å². The number of anilines is 4. The van der Waals surface area contributed by atoms with Crippen LogP contribution in [0.15, 0.2) is 107 Å². The Balaban J connectivity index is 1.10. The van der Waals surface area contributed by atoms with Crippen LogP contribution < -0.4 is 21.3 Å². The van der Waals surface area contributed by atoms with Crippen molar-refractivity contribution in [1.82, 2.24) is 0 Å². The summed E-state index contributed by atoms with van der Waals surface area (Å²) in [5, 5.41) is 31.2. The number of fused-ring (bicyclic) bond motifs is 2. The fourth-order valence-electron chi connectivity index (χ4n) is 5.93. The van der Waals surface area contributed by atoms with Crippen LogP contribution in [-0.2, 0) is 29.8 Å². The zero-order chi connectivity index (χ0) is 40.7. The van der Waals surface area contributed by atoms with Gasteiger partial charge in [-0.25, -0.2) is 0 Å². The highest BCUT2D eigenvalue weighted by molar-refractivity contribution is 7.86. The highest BCUT2D eigenvalue weighted by Crippen LogP contribution is 2.35. The Hall–Kier alpha value is -6.86. The third-order valence-electron chi connectivity index (χ3n) is 8.62. The first kappa shape index (κ1) is 38.9. The van der Waals surface area contributed by atoms with Crippen molar-refractivity contribution < 1.29 is 55.3 Å². The fourth-order valence-corrected chi connectivity index (χ4v) is 7.32. The molecule has 4 amide bonds. The van der Waals surface area contributed by atoms with Crippen LogP contribution in [-0.4, -0.2) is 59.8 Å². The van der Waals surface area contributed by atoms with Gasteiger partial charge in [0.15, 0.2) is 0 Å². The lowest BCUT2D eigenvalue weighted by atomic mass is 10.1. The van der Waals surface area contributed by atoms with Gasteiger partial charge < -0.3 is 31.5 Å². The summed E-state index contributed by atoms with van der Waals surface area (Å²) in [5.41, 5.74) is 1.51. The maximum Gasteiger partial charge on any atom is 0.314 e. The van der Waals surface area contributed by atoms with E-state index in [1.165, 1.54) is 84.9 Å². The number of amides is 4. The van der Waals surface area contributed by atoms with Crippen molar-refractivity contribution in [2.24, 2.45) is 0 Å². The number of hydrogen-bond acceptors (Lipinski definition) is 10. The predicted octanol–water partition coefficient (Wildman–Crippen LogP) is 5.60. The molecule has 0 spiro atoms. The Morgan fingerprint density at radius 3 is 1.20 bits per heavy atom. The topological polar surface area (TPSA) is 266 Å². The first-order valence-electron chi connectivity index (χ1n) is 16.2. The summed E-state index contributed by atoms with van der Waals surface area (Å²) in [4.78, 5) is 50.9. The first-order chi connectivity index (χ1) is 26.3. The van der Waals surface area contributed by atoms with Crippen LogP contribution in [0.4, 0.5) is 22.7 Å². The van der Waals surface area contributed by atoms with Gasteiger partial charge in [0.05, 0.1) is 0 Å². The molecule has 6 aromatic carbocycles. The largest absolute Gasteiger partial charge is 0.507 e. The third kappa shape index (κ3) is 8.12. The molecule has 0 radical (unpaired) electrons. The summed E-state index contributed by atoms with van der Waals surface area (Å²) in [5.74, 6) is -4.08. The van der Waals surface area contributed by atoms with Crippen LogP contribution in [0.2, 0.25) is 0 Å². The molecule has 6 rings (SSSR count). The van der Waals surface area contributed by atoms with E-state index in [9.17, 15) is 55.3 Å². The summed E-state index contributed by atoms with van der Waals surface area (Å²) >= 11 is 0. The molecule has 0 bridgehead atoms. The van der Waals surface area contributed by atoms with E-state index < -0.39 is 53.7 Å². The minimum absolute atomic E-state index is 0.0190. The number of phenolic OH excluding ortho intramolecular Hbond substituents is 2. The number of nitrogens with one attached hydrogen (secondary N) is 4. The highest BCUT2D eigenvalue weighted by Gasteiger charge is 2.21. The Morgan fingerprint density at radius 2 is 0.857 bits per heavy atom. The number of aromatic hydroxyl groups is 2. The lowest BCUT2D eigenvalue weighted by molar-refractivity contribution is -0.133. The smallest absolute Gasteiger partial charge is 0.314 e. The van der Waals surface area contributed by atoms with E-state index >= 15 is 0 Å². The van der Waals surface area contributed by atoms with E-state index in [0.717, 1.165) is 12.1 Å². The van der Waals surface area contributed by atoms with E-state index in [1.54, 1.807) is 13.8 Å². The van der Waals surface area contributed by atoms with Crippen molar-refractivity contribution in [3.8, 4) is 11.5 Å². The fraction of sp³-hybridized carbons (Fsp3) is 0.0526. The SMILES string of the molecule is Cc1cc(C(=O)Nc2cc(O)c3cccc(S(=O)(=O)O)c3c2)ccc1NC(=O)C(=O)Nc1ccc(C(=O)Nc2cc(O)c3cccc(S(=O)(=O)O)c3c2)cc1C. The van der Waals surface area contributed by atoms with Gasteiger partial charge in [-0.15, -0.1) is 0 Å². The Kier molecular flexibility index (Phi) is 10.2. The molecule has 16 nitrogen and oxygen atoms in total. The molecule has 0 aliphatic heterocycles. The normalized spacial score (nSPS) is 11.6. The summed E-state index contributed by atoms with van der Waals surface area (Å²) in [6.45, 7) is 3.15. The molecule has 56 heavy (non-hydrogen) atoms. The molecule has 0 aliphatic rings. The number of rotatable bonds is 8. The summed E-state index contributed by atoms with van der Waals surface area (Å²) in [6.07, 6.45) is 0. The number of benzene rings is 6. The molecule has 6 aromatic rings. The van der Waals surface area contributed by atoms with Gasteiger partial charge >= 0.3 is 11.8 Å². The minimum atomic E-state index is -4.64. The average molecular weight is 799 g/mol. The second-order valence-corrected chi connectivity index (χ2v) is 15.3. The number of phenols is 2. The van der Waals surface area contributed by atoms with Gasteiger partial charge in [-0.05, 0) is 85.6 Å². The van der Waals surface area contributed by atoms with Gasteiger partial charge in [0, 0.05) is 67.6 Å². The standard InChI is InChI=1S/C38H30N4O12S2/c1-19-13-21(35(45)39-23-15-27-25(31(43)17-23)5-3-7-33(27)55(49,50)51)9-11-29(19)41-37(47)38(48)42-30-12-10-22(14-20(30)2)36(46)40-24-16-28-26(32(44)18-24)6-4-8-34(28)56(52,53)54/h3-18,43-44H,1-2H3,(H,39,45)(H,40,46)(H,41,47)(H,42,48)(H,49,50,51)(H,52,53,54). The van der Waals surface area contributed by atoms with E-state index in [2.05, 4.69) is 21.3 Å². The van der Waals surface area contributed by atoms with Gasteiger partial charge in [0.1, 0.15) is 21.3 Å². The third-order valence-corrected chi connectivity index (χ3v) is 10.4. The molecule has 0 aliphatic carbocycles. The summed E-state index contributed by atoms with van der Waals surface area (Å²) in [6, 6.07) is 21.2. The second-order valence-electron chi connectivity index (χ2n) is 12.5. The molecule has 0 heterocycles. The minimum Gasteiger partial charge on any atom is -0.507 e. The van der Waals surface area contributed by atoms with Crippen LogP contribution >= 0.6 is 0 Å². The molecule has 0 saturated heterocycles. The van der Waals surface area contributed by atoms with Crippen LogP contribution in [0.25, 0.3) is 21.5 Å². The Morgan fingerprint density at radius 1 is 0.482 bits per heavy atom. The number of carbonyl (C=O) groups excluding carboxylic acids is 4. The van der Waals surface area contributed by atoms with E-state index in [4.69, 9.17) is 0 Å². The van der Waals surface area contributed by atoms with Crippen molar-refractivity contribution in [2.75, 3.05) is 21.3 Å². The van der Waals surface area contributed by atoms with E-state index in [1.807, 2.05) is 0 Å². The first-order valence-corrected chi connectivity index (χ1v) is 19.1. The van der Waals surface area contributed by atoms with Crippen molar-refractivity contribution in [1.29, 1.82) is 0 Å². The van der Waals surface area contributed by atoms with Crippen LogP contribution in [0.1, 0.15) is 31.8 Å². The molecule has 286 valence electrons. The summed E-state index contributed by atoms with van der Waals surface area (Å²) in [7, 11) is -9.28. The maximum absolute atomic E-state index is 13.1.